The fraction of sp³-hybridized carbons (Fsp3) is 0.450. The van der Waals surface area contributed by atoms with Crippen molar-refractivity contribution >= 4 is 23.4 Å². The molecule has 1 saturated heterocycles. The van der Waals surface area contributed by atoms with Crippen molar-refractivity contribution in [3.8, 4) is 0 Å². The zero-order valence-electron chi connectivity index (χ0n) is 16.7. The molecule has 0 radical (unpaired) electrons. The van der Waals surface area contributed by atoms with Crippen LogP contribution in [0.5, 0.6) is 0 Å². The Kier molecular flexibility index (Phi) is 6.70. The maximum Gasteiger partial charge on any atom is 0.418 e. The van der Waals surface area contributed by atoms with Crippen molar-refractivity contribution in [2.75, 3.05) is 25.0 Å². The first-order chi connectivity index (χ1) is 14.1. The van der Waals surface area contributed by atoms with Crippen LogP contribution >= 0.6 is 11.6 Å². The van der Waals surface area contributed by atoms with Gasteiger partial charge in [0.25, 0.3) is 0 Å². The van der Waals surface area contributed by atoms with Crippen LogP contribution in [0.1, 0.15) is 29.5 Å². The van der Waals surface area contributed by atoms with Gasteiger partial charge < -0.3 is 15.1 Å². The first kappa shape index (κ1) is 22.1. The summed E-state index contributed by atoms with van der Waals surface area (Å²) in [7, 11) is 1.69. The number of urea groups is 1. The smallest absolute Gasteiger partial charge is 0.353 e. The third-order valence-corrected chi connectivity index (χ3v) is 5.65. The van der Waals surface area contributed by atoms with Crippen LogP contribution in [0.4, 0.5) is 23.8 Å². The van der Waals surface area contributed by atoms with E-state index < -0.39 is 11.7 Å². The van der Waals surface area contributed by atoms with E-state index in [1.165, 1.54) is 0 Å². The van der Waals surface area contributed by atoms with Gasteiger partial charge in [-0.25, -0.2) is 4.79 Å². The molecule has 6 nitrogen and oxygen atoms in total. The number of carbonyl (C=O) groups is 1. The van der Waals surface area contributed by atoms with Gasteiger partial charge in [-0.15, -0.1) is 5.10 Å². The zero-order valence-corrected chi connectivity index (χ0v) is 17.5. The molecule has 0 unspecified atom stereocenters. The summed E-state index contributed by atoms with van der Waals surface area (Å²) < 4.78 is 38.9. The van der Waals surface area contributed by atoms with E-state index in [2.05, 4.69) is 15.5 Å². The van der Waals surface area contributed by atoms with E-state index in [0.717, 1.165) is 30.0 Å². The number of alkyl halides is 3. The first-order valence-corrected chi connectivity index (χ1v) is 9.93. The van der Waals surface area contributed by atoms with E-state index in [1.54, 1.807) is 22.9 Å². The Balaban J connectivity index is 1.61. The van der Waals surface area contributed by atoms with Gasteiger partial charge >= 0.3 is 12.2 Å². The van der Waals surface area contributed by atoms with Gasteiger partial charge in [-0.3, -0.25) is 0 Å². The van der Waals surface area contributed by atoms with Crippen LogP contribution in [0.25, 0.3) is 0 Å². The Morgan fingerprint density at radius 2 is 2.13 bits per heavy atom. The molecular weight excluding hydrogens is 419 g/mol. The third-order valence-electron chi connectivity index (χ3n) is 5.22. The number of benzene rings is 1. The molecule has 1 aliphatic heterocycles. The van der Waals surface area contributed by atoms with Crippen molar-refractivity contribution in [2.24, 2.45) is 0 Å². The lowest BCUT2D eigenvalue weighted by atomic mass is 10.0. The molecule has 2 aromatic rings. The number of amides is 2. The van der Waals surface area contributed by atoms with Crippen molar-refractivity contribution in [3.05, 3.63) is 52.2 Å². The summed E-state index contributed by atoms with van der Waals surface area (Å²) >= 11 is 6.02. The number of rotatable bonds is 4. The summed E-state index contributed by atoms with van der Waals surface area (Å²) in [5.74, 6) is 0.167. The van der Waals surface area contributed by atoms with Gasteiger partial charge in [0.2, 0.25) is 0 Å². The van der Waals surface area contributed by atoms with E-state index in [1.807, 2.05) is 19.1 Å². The molecule has 0 aliphatic carbocycles. The average Bonchev–Trinajstić information content (AvgIpc) is 2.73. The Hall–Kier alpha value is -2.55. The molecule has 1 aromatic heterocycles. The summed E-state index contributed by atoms with van der Waals surface area (Å²) in [6, 6.07) is 6.16. The summed E-state index contributed by atoms with van der Waals surface area (Å²) in [5, 5.41) is 10.9. The van der Waals surface area contributed by atoms with Crippen LogP contribution < -0.4 is 10.2 Å². The highest BCUT2D eigenvalue weighted by molar-refractivity contribution is 6.31. The molecule has 0 saturated carbocycles. The minimum Gasteiger partial charge on any atom is -0.353 e. The van der Waals surface area contributed by atoms with Crippen LogP contribution in [-0.2, 0) is 12.7 Å². The highest BCUT2D eigenvalue weighted by atomic mass is 35.5. The van der Waals surface area contributed by atoms with Crippen LogP contribution in [-0.4, -0.2) is 47.3 Å². The number of hydrogen-bond acceptors (Lipinski definition) is 4. The maximum atomic E-state index is 13.0. The Morgan fingerprint density at radius 3 is 2.83 bits per heavy atom. The second-order valence-corrected chi connectivity index (χ2v) is 7.80. The van der Waals surface area contributed by atoms with Crippen molar-refractivity contribution in [1.29, 1.82) is 0 Å². The van der Waals surface area contributed by atoms with E-state index in [9.17, 15) is 18.0 Å². The van der Waals surface area contributed by atoms with Gasteiger partial charge in [-0.1, -0.05) is 23.7 Å². The molecule has 30 heavy (non-hydrogen) atoms. The predicted octanol–water partition coefficient (Wildman–Crippen LogP) is 4.27. The van der Waals surface area contributed by atoms with Crippen molar-refractivity contribution in [2.45, 2.75) is 38.5 Å². The number of aromatic nitrogens is 2. The molecule has 0 bridgehead atoms. The van der Waals surface area contributed by atoms with Gasteiger partial charge in [0.15, 0.2) is 5.82 Å². The van der Waals surface area contributed by atoms with Crippen molar-refractivity contribution in [3.63, 3.8) is 0 Å². The Morgan fingerprint density at radius 1 is 1.37 bits per heavy atom. The number of nitrogens with zero attached hydrogens (tertiary/aromatic N) is 4. The van der Waals surface area contributed by atoms with E-state index in [-0.39, 0.29) is 17.9 Å². The minimum absolute atomic E-state index is 0.151. The molecule has 3 rings (SSSR count). The monoisotopic (exact) mass is 441 g/mol. The second-order valence-electron chi connectivity index (χ2n) is 7.40. The van der Waals surface area contributed by atoms with E-state index in [0.29, 0.717) is 30.9 Å². The van der Waals surface area contributed by atoms with Crippen LogP contribution in [0, 0.1) is 6.92 Å². The molecule has 1 atom stereocenters. The molecular formula is C20H23ClF3N5O. The summed E-state index contributed by atoms with van der Waals surface area (Å²) in [6.07, 6.45) is -2.27. The largest absolute Gasteiger partial charge is 0.418 e. The third kappa shape index (κ3) is 5.33. The molecule has 1 aromatic carbocycles. The lowest BCUT2D eigenvalue weighted by molar-refractivity contribution is -0.137. The SMILES string of the molecule is Cc1cc(CNC(=O)N(C)[C@@H]2CCCN(c3cc(C(F)(F)F)cnn3)C2)ccc1Cl. The topological polar surface area (TPSA) is 61.4 Å². The standard InChI is InChI=1S/C20H23ClF3N5O/c1-13-8-14(5-6-17(13)21)10-25-19(30)28(2)16-4-3-7-29(12-16)18-9-15(11-26-27-18)20(22,23)24/h5-6,8-9,11,16H,3-4,7,10,12H2,1-2H3,(H,25,30)/t16-/m1/s1. The number of halogens is 4. The van der Waals surface area contributed by atoms with Gasteiger partial charge in [0, 0.05) is 31.7 Å². The molecule has 10 heteroatoms. The molecule has 2 amide bonds. The number of nitrogens with one attached hydrogen (secondary N) is 1. The van der Waals surface area contributed by atoms with Crippen LogP contribution in [0.3, 0.4) is 0 Å². The van der Waals surface area contributed by atoms with Crippen LogP contribution in [0.15, 0.2) is 30.5 Å². The maximum absolute atomic E-state index is 13.0. The minimum atomic E-state index is -4.48. The van der Waals surface area contributed by atoms with Crippen molar-refractivity contribution < 1.29 is 18.0 Å². The van der Waals surface area contributed by atoms with Crippen molar-refractivity contribution in [1.82, 2.24) is 20.4 Å². The number of hydrogen-bond donors (Lipinski definition) is 1. The normalized spacial score (nSPS) is 17.0. The summed E-state index contributed by atoms with van der Waals surface area (Å²) in [5.41, 5.74) is 1.03. The fourth-order valence-corrected chi connectivity index (χ4v) is 3.55. The van der Waals surface area contributed by atoms with Gasteiger partial charge in [0.1, 0.15) is 0 Å². The Labute approximate surface area is 178 Å². The molecule has 1 aliphatic rings. The van der Waals surface area contributed by atoms with E-state index in [4.69, 9.17) is 11.6 Å². The highest BCUT2D eigenvalue weighted by Crippen LogP contribution is 2.31. The average molecular weight is 442 g/mol. The molecule has 1 fully saturated rings. The molecule has 0 spiro atoms. The lowest BCUT2D eigenvalue weighted by Crippen LogP contribution is -2.51. The van der Waals surface area contributed by atoms with E-state index >= 15 is 0 Å². The quantitative estimate of drug-likeness (QED) is 0.769. The lowest BCUT2D eigenvalue weighted by Gasteiger charge is -2.38. The number of anilines is 1. The highest BCUT2D eigenvalue weighted by Gasteiger charge is 2.33. The molecule has 162 valence electrons. The zero-order chi connectivity index (χ0) is 21.9. The second kappa shape index (κ2) is 9.07. The number of carbonyl (C=O) groups excluding carboxylic acids is 1. The number of likely N-dealkylation sites (N-methyl/N-ethyl adjacent to an activating group) is 1. The van der Waals surface area contributed by atoms with Gasteiger partial charge in [-0.2, -0.15) is 18.3 Å². The van der Waals surface area contributed by atoms with Crippen LogP contribution in [0.2, 0.25) is 5.02 Å². The predicted molar refractivity (Wildman–Crippen MR) is 108 cm³/mol. The molecule has 2 heterocycles. The first-order valence-electron chi connectivity index (χ1n) is 9.55. The number of aryl methyl sites for hydroxylation is 1. The van der Waals surface area contributed by atoms with Gasteiger partial charge in [0.05, 0.1) is 17.8 Å². The number of piperidine rings is 1. The molecule has 1 N–H and O–H groups in total. The van der Waals surface area contributed by atoms with Gasteiger partial charge in [-0.05, 0) is 43.0 Å². The fourth-order valence-electron chi connectivity index (χ4n) is 3.43. The Bertz CT molecular complexity index is 908. The summed E-state index contributed by atoms with van der Waals surface area (Å²) in [6.45, 7) is 3.20. The summed E-state index contributed by atoms with van der Waals surface area (Å²) in [4.78, 5) is 15.9.